The first-order valence-corrected chi connectivity index (χ1v) is 11.1. The number of alkyl halides is 3. The predicted octanol–water partition coefficient (Wildman–Crippen LogP) is 2.59. The van der Waals surface area contributed by atoms with Crippen molar-refractivity contribution in [1.29, 1.82) is 5.41 Å². The maximum absolute atomic E-state index is 12.4. The van der Waals surface area contributed by atoms with Gasteiger partial charge in [-0.3, -0.25) is 10.2 Å². The maximum atomic E-state index is 12.4. The van der Waals surface area contributed by atoms with Crippen LogP contribution in [-0.4, -0.2) is 52.9 Å². The van der Waals surface area contributed by atoms with E-state index in [0.717, 1.165) is 0 Å². The molecular weight excluding hydrogens is 559 g/mol. The van der Waals surface area contributed by atoms with E-state index >= 15 is 0 Å². The molecule has 13 nitrogen and oxygen atoms in total. The summed E-state index contributed by atoms with van der Waals surface area (Å²) in [5.74, 6) is -7.89. The molecule has 2 aromatic carbocycles. The van der Waals surface area contributed by atoms with Crippen LogP contribution in [0.15, 0.2) is 65.1 Å². The van der Waals surface area contributed by atoms with Crippen LogP contribution in [0.5, 0.6) is 5.75 Å². The molecule has 5 N–H and O–H groups in total. The Morgan fingerprint density at radius 1 is 0.927 bits per heavy atom. The second-order valence-corrected chi connectivity index (χ2v) is 7.96. The highest BCUT2D eigenvalue weighted by molar-refractivity contribution is 5.98. The number of rotatable bonds is 9. The number of hydrogen-bond acceptors (Lipinski definition) is 10. The summed E-state index contributed by atoms with van der Waals surface area (Å²) in [6.45, 7) is 0. The Labute approximate surface area is 227 Å². The zero-order valence-electron chi connectivity index (χ0n) is 20.4. The van der Waals surface area contributed by atoms with E-state index in [9.17, 15) is 42.3 Å². The van der Waals surface area contributed by atoms with E-state index in [1.165, 1.54) is 60.7 Å². The average molecular weight is 577 g/mol. The van der Waals surface area contributed by atoms with Crippen molar-refractivity contribution in [2.75, 3.05) is 0 Å². The highest BCUT2D eigenvalue weighted by Gasteiger charge is 2.43. The number of ether oxygens (including phenoxy) is 1. The number of amidine groups is 1. The van der Waals surface area contributed by atoms with Crippen molar-refractivity contribution in [3.63, 3.8) is 0 Å². The Morgan fingerprint density at radius 2 is 1.54 bits per heavy atom. The minimum absolute atomic E-state index is 0.0722. The second-order valence-electron chi connectivity index (χ2n) is 7.96. The third kappa shape index (κ3) is 8.16. The maximum Gasteiger partial charge on any atom is 0.495 e. The summed E-state index contributed by atoms with van der Waals surface area (Å²) in [5, 5.41) is 18.6. The number of esters is 1. The van der Waals surface area contributed by atoms with Crippen molar-refractivity contribution in [2.45, 2.75) is 18.6 Å². The van der Waals surface area contributed by atoms with Crippen LogP contribution in [0.4, 0.5) is 13.2 Å². The number of carboxylic acids is 1. The van der Waals surface area contributed by atoms with Crippen LogP contribution in [0.3, 0.4) is 0 Å². The Hall–Kier alpha value is -5.67. The molecule has 0 unspecified atom stereocenters. The number of halogens is 3. The quantitative estimate of drug-likeness (QED) is 0.0725. The summed E-state index contributed by atoms with van der Waals surface area (Å²) in [7, 11) is 0. The normalized spacial score (nSPS) is 11.6. The monoisotopic (exact) mass is 577 g/mol. The van der Waals surface area contributed by atoms with E-state index in [0.29, 0.717) is 11.1 Å². The first-order valence-electron chi connectivity index (χ1n) is 11.1. The molecule has 0 spiro atoms. The smallest absolute Gasteiger partial charge is 0.480 e. The number of carbonyl (C=O) groups excluding carboxylic acids is 4. The minimum atomic E-state index is -5.45. The lowest BCUT2D eigenvalue weighted by Crippen LogP contribution is -2.42. The van der Waals surface area contributed by atoms with Gasteiger partial charge in [-0.2, -0.15) is 13.2 Å². The Bertz CT molecular complexity index is 1480. The molecule has 0 aliphatic heterocycles. The lowest BCUT2D eigenvalue weighted by atomic mass is 10.1. The van der Waals surface area contributed by atoms with Crippen LogP contribution < -0.4 is 15.8 Å². The number of carbonyl (C=O) groups is 5. The van der Waals surface area contributed by atoms with Gasteiger partial charge < -0.3 is 25.3 Å². The molecule has 0 saturated heterocycles. The van der Waals surface area contributed by atoms with Gasteiger partial charge in [-0.25, -0.2) is 29.0 Å². The van der Waals surface area contributed by atoms with E-state index < -0.39 is 48.4 Å². The van der Waals surface area contributed by atoms with Crippen LogP contribution in [0.2, 0.25) is 0 Å². The van der Waals surface area contributed by atoms with Crippen LogP contribution in [-0.2, 0) is 24.2 Å². The van der Waals surface area contributed by atoms with Gasteiger partial charge in [0.25, 0.3) is 5.91 Å². The molecule has 0 bridgehead atoms. The molecule has 0 saturated carbocycles. The molecule has 1 atom stereocenters. The number of hydrogen-bond donors (Lipinski definition) is 4. The average Bonchev–Trinajstić information content (AvgIpc) is 3.41. The molecule has 214 valence electrons. The van der Waals surface area contributed by atoms with E-state index in [1.807, 2.05) is 5.32 Å². The molecule has 41 heavy (non-hydrogen) atoms. The van der Waals surface area contributed by atoms with Gasteiger partial charge in [0.2, 0.25) is 5.76 Å². The molecule has 1 aromatic heterocycles. The Morgan fingerprint density at radius 3 is 2.10 bits per heavy atom. The summed E-state index contributed by atoms with van der Waals surface area (Å²) in [6, 6.07) is 12.1. The van der Waals surface area contributed by atoms with Crippen molar-refractivity contribution in [1.82, 2.24) is 5.32 Å². The first kappa shape index (κ1) is 29.9. The SMILES string of the molecule is N=C(N)c1ccc(OC(=O)c2ccc(-c3ccc(C(=O)N[C@@H](CC(=O)OOC(=O)C(F)(F)F)C(=O)O)cc3)o2)cc1. The summed E-state index contributed by atoms with van der Waals surface area (Å²) >= 11 is 0. The fourth-order valence-electron chi connectivity index (χ4n) is 3.02. The van der Waals surface area contributed by atoms with Gasteiger partial charge in [0, 0.05) is 16.7 Å². The molecule has 3 aromatic rings. The van der Waals surface area contributed by atoms with Crippen molar-refractivity contribution in [3.8, 4) is 17.1 Å². The third-order valence-electron chi connectivity index (χ3n) is 5.03. The first-order chi connectivity index (χ1) is 19.2. The molecule has 16 heteroatoms. The van der Waals surface area contributed by atoms with Crippen molar-refractivity contribution < 1.29 is 61.2 Å². The largest absolute Gasteiger partial charge is 0.495 e. The van der Waals surface area contributed by atoms with Crippen molar-refractivity contribution in [3.05, 3.63) is 77.6 Å². The number of carboxylic acid groups (broad SMARTS) is 1. The number of nitrogens with two attached hydrogens (primary N) is 1. The highest BCUT2D eigenvalue weighted by Crippen LogP contribution is 2.24. The van der Waals surface area contributed by atoms with Crippen molar-refractivity contribution >= 4 is 35.6 Å². The van der Waals surface area contributed by atoms with E-state index in [1.54, 1.807) is 0 Å². The zero-order valence-corrected chi connectivity index (χ0v) is 20.4. The van der Waals surface area contributed by atoms with Crippen LogP contribution in [0, 0.1) is 5.41 Å². The Balaban J connectivity index is 1.59. The third-order valence-corrected chi connectivity index (χ3v) is 5.03. The number of amides is 1. The number of nitrogens with one attached hydrogen (secondary N) is 2. The molecule has 1 amide bonds. The standard InChI is InChI=1S/C25H18F3N3O10/c26-25(27,28)24(37)41-40-19(32)11-16(22(34)35)31-21(33)14-3-1-12(2-4-14)17-9-10-18(39-17)23(36)38-15-7-5-13(6-8-15)20(29)30/h1-10,16H,11H2,(H3,29,30)(H,31,33)(H,34,35)/t16-/m0/s1. The number of furan rings is 1. The molecule has 0 aliphatic rings. The van der Waals surface area contributed by atoms with Gasteiger partial charge in [-0.15, -0.1) is 0 Å². The molecule has 0 radical (unpaired) electrons. The minimum Gasteiger partial charge on any atom is -0.480 e. The van der Waals surface area contributed by atoms with Gasteiger partial charge in [0.05, 0.1) is 6.42 Å². The number of nitrogen functional groups attached to an aromatic ring is 1. The number of aliphatic carboxylic acids is 1. The topological polar surface area (TPSA) is 208 Å². The highest BCUT2D eigenvalue weighted by atomic mass is 19.4. The molecule has 0 aliphatic carbocycles. The predicted molar refractivity (Wildman–Crippen MR) is 128 cm³/mol. The Kier molecular flexibility index (Phi) is 9.08. The summed E-state index contributed by atoms with van der Waals surface area (Å²) in [4.78, 5) is 65.3. The van der Waals surface area contributed by atoms with Crippen LogP contribution in [0.25, 0.3) is 11.3 Å². The molecule has 3 rings (SSSR count). The second kappa shape index (κ2) is 12.5. The lowest BCUT2D eigenvalue weighted by Gasteiger charge is -2.13. The zero-order chi connectivity index (χ0) is 30.3. The van der Waals surface area contributed by atoms with Gasteiger partial charge >= 0.3 is 30.1 Å². The van der Waals surface area contributed by atoms with Crippen LogP contribution in [0.1, 0.15) is 32.9 Å². The number of benzene rings is 2. The summed E-state index contributed by atoms with van der Waals surface area (Å²) in [6.07, 6.45) is -6.60. The lowest BCUT2D eigenvalue weighted by molar-refractivity contribution is -0.286. The van der Waals surface area contributed by atoms with E-state index in [2.05, 4.69) is 9.78 Å². The van der Waals surface area contributed by atoms with E-state index in [-0.39, 0.29) is 28.7 Å². The van der Waals surface area contributed by atoms with Gasteiger partial charge in [-0.1, -0.05) is 12.1 Å². The fraction of sp³-hybridized carbons (Fsp3) is 0.120. The fourth-order valence-corrected chi connectivity index (χ4v) is 3.02. The van der Waals surface area contributed by atoms with Gasteiger partial charge in [-0.05, 0) is 48.5 Å². The van der Waals surface area contributed by atoms with Gasteiger partial charge in [0.1, 0.15) is 23.4 Å². The molecular formula is C25H18F3N3O10. The van der Waals surface area contributed by atoms with Gasteiger partial charge in [0.15, 0.2) is 0 Å². The molecule has 1 heterocycles. The molecule has 0 fully saturated rings. The van der Waals surface area contributed by atoms with E-state index in [4.69, 9.17) is 20.3 Å². The van der Waals surface area contributed by atoms with Crippen LogP contribution >= 0.6 is 0 Å². The summed E-state index contributed by atoms with van der Waals surface area (Å²) in [5.41, 5.74) is 6.16. The van der Waals surface area contributed by atoms with Crippen molar-refractivity contribution in [2.24, 2.45) is 5.73 Å². The summed E-state index contributed by atoms with van der Waals surface area (Å²) < 4.78 is 47.0.